The van der Waals surface area contributed by atoms with Gasteiger partial charge in [0, 0.05) is 19.9 Å². The summed E-state index contributed by atoms with van der Waals surface area (Å²) in [6.45, 7) is 1.45. The minimum atomic E-state index is -4.88. The Balaban J connectivity index is 1.43. The zero-order chi connectivity index (χ0) is 41.4. The van der Waals surface area contributed by atoms with E-state index in [1.807, 2.05) is 6.07 Å². The number of phosphoric ester groups is 1. The molecule has 16 nitrogen and oxygen atoms in total. The number of pyridine rings is 1. The van der Waals surface area contributed by atoms with Crippen molar-refractivity contribution >= 4 is 19.2 Å². The summed E-state index contributed by atoms with van der Waals surface area (Å²) in [6, 6.07) is 9.90. The molecule has 0 fully saturated rings. The van der Waals surface area contributed by atoms with E-state index in [0.717, 1.165) is 32.7 Å². The Labute approximate surface area is 336 Å². The number of methoxy groups -OCH3 is 1. The Morgan fingerprint density at radius 1 is 0.877 bits per heavy atom. The van der Waals surface area contributed by atoms with Crippen LogP contribution in [0.3, 0.4) is 0 Å². The number of nitriles is 2. The highest BCUT2D eigenvalue weighted by Crippen LogP contribution is 2.45. The van der Waals surface area contributed by atoms with Crippen molar-refractivity contribution in [3.8, 4) is 12.1 Å². The largest absolute Gasteiger partial charge is 0.472 e. The van der Waals surface area contributed by atoms with Crippen LogP contribution in [-0.4, -0.2) is 86.0 Å². The maximum atomic E-state index is 13.0. The highest BCUT2D eigenvalue weighted by atomic mass is 31.2. The quantitative estimate of drug-likeness (QED) is 0.0371. The van der Waals surface area contributed by atoms with E-state index in [1.54, 1.807) is 18.2 Å². The number of phosphoric acid groups is 1. The Morgan fingerprint density at radius 3 is 2.07 bits per heavy atom. The van der Waals surface area contributed by atoms with Crippen LogP contribution >= 0.6 is 7.82 Å². The minimum absolute atomic E-state index is 0.0485. The van der Waals surface area contributed by atoms with Crippen molar-refractivity contribution in [2.45, 2.75) is 140 Å². The lowest BCUT2D eigenvalue weighted by atomic mass is 9.93. The van der Waals surface area contributed by atoms with Crippen LogP contribution in [0.2, 0.25) is 0 Å². The summed E-state index contributed by atoms with van der Waals surface area (Å²) in [5.74, 6) is 0.124. The van der Waals surface area contributed by atoms with Crippen molar-refractivity contribution in [3.63, 3.8) is 0 Å². The predicted molar refractivity (Wildman–Crippen MR) is 213 cm³/mol. The van der Waals surface area contributed by atoms with Crippen LogP contribution in [0.15, 0.2) is 36.8 Å². The first-order valence-corrected chi connectivity index (χ1v) is 21.7. The van der Waals surface area contributed by atoms with Gasteiger partial charge in [0.25, 0.3) is 0 Å². The van der Waals surface area contributed by atoms with Gasteiger partial charge in [-0.05, 0) is 30.2 Å². The number of anilines is 1. The van der Waals surface area contributed by atoms with Crippen molar-refractivity contribution in [1.82, 2.24) is 19.6 Å². The summed E-state index contributed by atoms with van der Waals surface area (Å²) in [5, 5.41) is 45.2. The molecule has 5 N–H and O–H groups in total. The molecule has 316 valence electrons. The number of fused-ring (bicyclic) bond motifs is 1. The highest BCUT2D eigenvalue weighted by Gasteiger charge is 2.46. The van der Waals surface area contributed by atoms with Gasteiger partial charge >= 0.3 is 7.82 Å². The van der Waals surface area contributed by atoms with Gasteiger partial charge in [-0.15, -0.1) is 0 Å². The van der Waals surface area contributed by atoms with E-state index in [9.17, 15) is 24.9 Å². The summed E-state index contributed by atoms with van der Waals surface area (Å²) in [7, 11) is -3.80. The zero-order valence-electron chi connectivity index (χ0n) is 33.5. The van der Waals surface area contributed by atoms with Crippen molar-refractivity contribution in [2.75, 3.05) is 39.3 Å². The van der Waals surface area contributed by atoms with Crippen LogP contribution in [0, 0.1) is 22.7 Å². The number of nitrogens with two attached hydrogens (primary N) is 1. The third-order valence-electron chi connectivity index (χ3n) is 9.88. The van der Waals surface area contributed by atoms with Gasteiger partial charge in [-0.3, -0.25) is 9.05 Å². The van der Waals surface area contributed by atoms with Crippen LogP contribution in [-0.2, 0) is 34.4 Å². The number of ether oxygens (including phenoxy) is 3. The van der Waals surface area contributed by atoms with Gasteiger partial charge in [0.05, 0.1) is 25.5 Å². The summed E-state index contributed by atoms with van der Waals surface area (Å²) in [4.78, 5) is 18.5. The molecule has 5 atom stereocenters. The molecule has 1 unspecified atom stereocenters. The molecule has 0 aliphatic carbocycles. The minimum Gasteiger partial charge on any atom is -0.386 e. The molecular weight excluding hydrogens is 753 g/mol. The molecule has 57 heavy (non-hydrogen) atoms. The molecule has 17 heteroatoms. The molecule has 0 aromatic carbocycles. The number of aromatic nitrogens is 4. The first-order valence-electron chi connectivity index (χ1n) is 20.2. The monoisotopic (exact) mass is 815 g/mol. The molecule has 0 radical (unpaired) electrons. The fraction of sp³-hybridized carbons (Fsp3) is 0.675. The average Bonchev–Trinajstić information content (AvgIpc) is 3.67. The molecule has 3 heterocycles. The number of hydrogen-bond donors (Lipinski definition) is 4. The SMILES string of the molecule is CCCCCCCCCCCCCCCCCCOC[C@H](COP(=O)(O)OC[C@@](C#N)(OC)[C@@H](O)[C@@H](O)c1ccc2c(N)ncnn12)OCc1ccc(C#N)nc1. The van der Waals surface area contributed by atoms with Crippen LogP contribution in [0.25, 0.3) is 5.52 Å². The molecule has 0 saturated carbocycles. The van der Waals surface area contributed by atoms with Gasteiger partial charge in [-0.1, -0.05) is 109 Å². The molecule has 0 saturated heterocycles. The molecule has 0 aliphatic rings. The summed E-state index contributed by atoms with van der Waals surface area (Å²) < 4.78 is 41.7. The van der Waals surface area contributed by atoms with Crippen molar-refractivity contribution in [2.24, 2.45) is 0 Å². The number of aliphatic hydroxyl groups excluding tert-OH is 2. The first-order chi connectivity index (χ1) is 27.6. The summed E-state index contributed by atoms with van der Waals surface area (Å²) in [5.41, 5.74) is 4.88. The second-order valence-corrected chi connectivity index (χ2v) is 15.8. The van der Waals surface area contributed by atoms with Gasteiger partial charge in [-0.2, -0.15) is 15.6 Å². The van der Waals surface area contributed by atoms with Crippen LogP contribution in [0.5, 0.6) is 0 Å². The van der Waals surface area contributed by atoms with Crippen molar-refractivity contribution in [1.29, 1.82) is 10.5 Å². The first kappa shape index (κ1) is 47.8. The number of aliphatic hydroxyl groups is 2. The smallest absolute Gasteiger partial charge is 0.386 e. The third-order valence-corrected chi connectivity index (χ3v) is 10.8. The Kier molecular flexibility index (Phi) is 22.2. The van der Waals surface area contributed by atoms with E-state index >= 15 is 0 Å². The van der Waals surface area contributed by atoms with Crippen molar-refractivity contribution < 1.29 is 42.9 Å². The topological polar surface area (TPSA) is 241 Å². The Bertz CT molecular complexity index is 1700. The predicted octanol–water partition coefficient (Wildman–Crippen LogP) is 6.88. The summed E-state index contributed by atoms with van der Waals surface area (Å²) >= 11 is 0. The second-order valence-electron chi connectivity index (χ2n) is 14.3. The maximum Gasteiger partial charge on any atom is 0.472 e. The number of hydrogen-bond acceptors (Lipinski definition) is 14. The lowest BCUT2D eigenvalue weighted by Crippen LogP contribution is -2.50. The van der Waals surface area contributed by atoms with Crippen LogP contribution in [0.1, 0.15) is 133 Å². The molecule has 3 aromatic heterocycles. The molecule has 3 rings (SSSR count). The molecule has 0 amide bonds. The number of unbranched alkanes of at least 4 members (excludes halogenated alkanes) is 15. The van der Waals surface area contributed by atoms with E-state index < -0.39 is 44.9 Å². The van der Waals surface area contributed by atoms with E-state index in [-0.39, 0.29) is 30.4 Å². The Morgan fingerprint density at radius 2 is 1.51 bits per heavy atom. The summed E-state index contributed by atoms with van der Waals surface area (Å²) in [6.07, 6.45) is 18.4. The van der Waals surface area contributed by atoms with Gasteiger partial charge < -0.3 is 35.1 Å². The van der Waals surface area contributed by atoms with Crippen molar-refractivity contribution in [3.05, 3.63) is 53.7 Å². The fourth-order valence-corrected chi connectivity index (χ4v) is 7.10. The number of nitrogen functional groups attached to an aromatic ring is 1. The van der Waals surface area contributed by atoms with Crippen LogP contribution in [0.4, 0.5) is 5.82 Å². The molecule has 0 aliphatic heterocycles. The second kappa shape index (κ2) is 26.5. The lowest BCUT2D eigenvalue weighted by Gasteiger charge is -2.33. The normalized spacial score (nSPS) is 15.4. The fourth-order valence-electron chi connectivity index (χ4n) is 6.32. The van der Waals surface area contributed by atoms with Gasteiger partial charge in [0.1, 0.15) is 54.6 Å². The van der Waals surface area contributed by atoms with E-state index in [0.29, 0.717) is 17.7 Å². The average molecular weight is 816 g/mol. The third kappa shape index (κ3) is 16.7. The Hall–Kier alpha value is -3.54. The highest BCUT2D eigenvalue weighted by molar-refractivity contribution is 7.47. The van der Waals surface area contributed by atoms with Gasteiger partial charge in [0.2, 0.25) is 5.60 Å². The van der Waals surface area contributed by atoms with E-state index in [1.165, 1.54) is 106 Å². The molecule has 3 aromatic rings. The number of rotatable bonds is 32. The maximum absolute atomic E-state index is 13.0. The zero-order valence-corrected chi connectivity index (χ0v) is 34.4. The standard InChI is InChI=1S/C40H62N7O9P/c1-3-4-5-6-7-8-9-10-11-12-13-14-15-16-17-18-23-53-27-34(54-26-32-19-20-33(24-41)44-25-32)28-55-57(50,51)56-30-40(29-42,52-2)38(49)37(48)35-21-22-36-39(43)45-31-46-47(35)36/h19-22,25,31,34,37-38,48-49H,3-18,23,26-28,30H2,1-2H3,(H,50,51)(H2,43,45,46)/t34-,37+,38+,40-/m1/s1. The lowest BCUT2D eigenvalue weighted by molar-refractivity contribution is -0.134. The molecular formula is C40H62N7O9P. The van der Waals surface area contributed by atoms with E-state index in [4.69, 9.17) is 34.3 Å². The van der Waals surface area contributed by atoms with Gasteiger partial charge in [-0.25, -0.2) is 19.0 Å². The van der Waals surface area contributed by atoms with E-state index in [2.05, 4.69) is 22.0 Å². The van der Waals surface area contributed by atoms with Gasteiger partial charge in [0.15, 0.2) is 5.82 Å². The number of nitrogens with zero attached hydrogens (tertiary/aromatic N) is 6. The van der Waals surface area contributed by atoms with Crippen LogP contribution < -0.4 is 5.73 Å². The molecule has 0 bridgehead atoms. The molecule has 0 spiro atoms.